The van der Waals surface area contributed by atoms with E-state index in [0.717, 1.165) is 12.1 Å². The van der Waals surface area contributed by atoms with Gasteiger partial charge in [0, 0.05) is 25.7 Å². The number of carbonyl (C=O) groups excluding carboxylic acids is 1. The van der Waals surface area contributed by atoms with Crippen molar-refractivity contribution in [3.63, 3.8) is 0 Å². The fourth-order valence-electron chi connectivity index (χ4n) is 2.74. The van der Waals surface area contributed by atoms with E-state index in [2.05, 4.69) is 5.10 Å². The van der Waals surface area contributed by atoms with Crippen molar-refractivity contribution in [1.82, 2.24) is 14.7 Å². The maximum atomic E-state index is 12.0. The second kappa shape index (κ2) is 5.42. The first-order valence-electron chi connectivity index (χ1n) is 6.64. The molecule has 1 amide bonds. The normalized spacial score (nSPS) is 23.1. The van der Waals surface area contributed by atoms with Crippen molar-refractivity contribution in [1.29, 1.82) is 0 Å². The van der Waals surface area contributed by atoms with E-state index in [1.165, 1.54) is 0 Å². The molecule has 1 fully saturated rings. The zero-order chi connectivity index (χ0) is 14.0. The first kappa shape index (κ1) is 13.6. The van der Waals surface area contributed by atoms with E-state index in [-0.39, 0.29) is 12.3 Å². The lowest BCUT2D eigenvalue weighted by Crippen LogP contribution is -2.32. The summed E-state index contributed by atoms with van der Waals surface area (Å²) < 4.78 is 1.77. The molecule has 0 bridgehead atoms. The van der Waals surface area contributed by atoms with Crippen LogP contribution in [0.3, 0.4) is 0 Å². The molecule has 2 atom stereocenters. The third-order valence-corrected chi connectivity index (χ3v) is 3.57. The summed E-state index contributed by atoms with van der Waals surface area (Å²) in [5.41, 5.74) is 0.814. The Morgan fingerprint density at radius 3 is 2.84 bits per heavy atom. The fourth-order valence-corrected chi connectivity index (χ4v) is 2.74. The third-order valence-electron chi connectivity index (χ3n) is 3.57. The van der Waals surface area contributed by atoms with Gasteiger partial charge in [-0.25, -0.2) is 0 Å². The molecule has 2 unspecified atom stereocenters. The summed E-state index contributed by atoms with van der Waals surface area (Å²) in [6.45, 7) is 5.18. The highest BCUT2D eigenvalue weighted by atomic mass is 16.4. The van der Waals surface area contributed by atoms with Crippen LogP contribution in [0.4, 0.5) is 0 Å². The van der Waals surface area contributed by atoms with Crippen LogP contribution in [-0.2, 0) is 16.1 Å². The number of carbonyl (C=O) groups is 2. The number of aromatic nitrogens is 2. The lowest BCUT2D eigenvalue weighted by molar-refractivity contribution is -0.142. The maximum Gasteiger partial charge on any atom is 0.309 e. The Kier molecular flexibility index (Phi) is 3.87. The topological polar surface area (TPSA) is 75.4 Å². The van der Waals surface area contributed by atoms with E-state index >= 15 is 0 Å². The van der Waals surface area contributed by atoms with Crippen molar-refractivity contribution in [2.75, 3.05) is 6.54 Å². The molecule has 0 saturated carbocycles. The van der Waals surface area contributed by atoms with E-state index in [9.17, 15) is 14.7 Å². The standard InChI is InChI=1S/C13H19N3O3/c1-3-7-15-11(17)8-9(13(18)19)12(15)10-5-6-14-16(10)4-2/h5-6,9,12H,3-4,7-8H2,1-2H3,(H,18,19). The van der Waals surface area contributed by atoms with Crippen LogP contribution in [0.15, 0.2) is 12.3 Å². The number of nitrogens with zero attached hydrogens (tertiary/aromatic N) is 3. The van der Waals surface area contributed by atoms with Gasteiger partial charge in [-0.2, -0.15) is 5.10 Å². The molecule has 2 rings (SSSR count). The molecule has 1 aromatic heterocycles. The Hall–Kier alpha value is -1.85. The van der Waals surface area contributed by atoms with Crippen LogP contribution in [0.2, 0.25) is 0 Å². The minimum atomic E-state index is -0.916. The molecule has 0 aromatic carbocycles. The number of aryl methyl sites for hydroxylation is 1. The summed E-state index contributed by atoms with van der Waals surface area (Å²) in [6.07, 6.45) is 2.55. The number of aliphatic carboxylic acids is 1. The molecular weight excluding hydrogens is 246 g/mol. The highest BCUT2D eigenvalue weighted by Gasteiger charge is 2.45. The van der Waals surface area contributed by atoms with Crippen LogP contribution in [0.5, 0.6) is 0 Å². The second-order valence-electron chi connectivity index (χ2n) is 4.75. The molecule has 19 heavy (non-hydrogen) atoms. The molecular formula is C13H19N3O3. The number of likely N-dealkylation sites (tertiary alicyclic amines) is 1. The molecule has 104 valence electrons. The summed E-state index contributed by atoms with van der Waals surface area (Å²) in [4.78, 5) is 25.1. The number of carboxylic acids is 1. The summed E-state index contributed by atoms with van der Waals surface area (Å²) in [5, 5.41) is 13.5. The largest absolute Gasteiger partial charge is 0.481 e. The summed E-state index contributed by atoms with van der Waals surface area (Å²) in [6, 6.07) is 1.41. The van der Waals surface area contributed by atoms with Gasteiger partial charge in [0.15, 0.2) is 0 Å². The summed E-state index contributed by atoms with van der Waals surface area (Å²) >= 11 is 0. The van der Waals surface area contributed by atoms with Crippen LogP contribution in [-0.4, -0.2) is 38.2 Å². The molecule has 6 heteroatoms. The zero-order valence-corrected chi connectivity index (χ0v) is 11.2. The van der Waals surface area contributed by atoms with E-state index in [1.54, 1.807) is 15.8 Å². The van der Waals surface area contributed by atoms with Crippen LogP contribution in [0.1, 0.15) is 38.4 Å². The minimum Gasteiger partial charge on any atom is -0.481 e. The van der Waals surface area contributed by atoms with Gasteiger partial charge in [0.1, 0.15) is 0 Å². The lowest BCUT2D eigenvalue weighted by Gasteiger charge is -2.27. The average Bonchev–Trinajstić information content (AvgIpc) is 2.95. The Balaban J connectivity index is 2.40. The molecule has 1 aromatic rings. The van der Waals surface area contributed by atoms with Gasteiger partial charge in [0.05, 0.1) is 17.7 Å². The maximum absolute atomic E-state index is 12.0. The highest BCUT2D eigenvalue weighted by molar-refractivity contribution is 5.87. The van der Waals surface area contributed by atoms with Crippen molar-refractivity contribution in [3.8, 4) is 0 Å². The Bertz CT molecular complexity index is 483. The van der Waals surface area contributed by atoms with Crippen LogP contribution < -0.4 is 0 Å². The van der Waals surface area contributed by atoms with Crippen molar-refractivity contribution >= 4 is 11.9 Å². The summed E-state index contributed by atoms with van der Waals surface area (Å²) in [5.74, 6) is -1.68. The number of carboxylic acid groups (broad SMARTS) is 1. The van der Waals surface area contributed by atoms with Crippen LogP contribution in [0, 0.1) is 5.92 Å². The predicted octanol–water partition coefficient (Wildman–Crippen LogP) is 1.29. The number of hydrogen-bond donors (Lipinski definition) is 1. The van der Waals surface area contributed by atoms with Crippen molar-refractivity contribution in [2.24, 2.45) is 5.92 Å². The van der Waals surface area contributed by atoms with Crippen molar-refractivity contribution < 1.29 is 14.7 Å². The number of hydrogen-bond acceptors (Lipinski definition) is 3. The Morgan fingerprint density at radius 2 is 2.26 bits per heavy atom. The molecule has 1 saturated heterocycles. The molecule has 0 radical (unpaired) electrons. The monoisotopic (exact) mass is 265 g/mol. The van der Waals surface area contributed by atoms with Crippen molar-refractivity contribution in [3.05, 3.63) is 18.0 Å². The van der Waals surface area contributed by atoms with Gasteiger partial charge in [0.2, 0.25) is 5.91 Å². The van der Waals surface area contributed by atoms with Gasteiger partial charge < -0.3 is 10.0 Å². The molecule has 1 N–H and O–H groups in total. The van der Waals surface area contributed by atoms with Gasteiger partial charge in [-0.3, -0.25) is 14.3 Å². The predicted molar refractivity (Wildman–Crippen MR) is 68.4 cm³/mol. The first-order valence-corrected chi connectivity index (χ1v) is 6.64. The minimum absolute atomic E-state index is 0.0783. The first-order chi connectivity index (χ1) is 9.10. The smallest absolute Gasteiger partial charge is 0.309 e. The molecule has 0 spiro atoms. The van der Waals surface area contributed by atoms with Gasteiger partial charge in [-0.15, -0.1) is 0 Å². The SMILES string of the molecule is CCCN1C(=O)CC(C(=O)O)C1c1ccnn1CC. The Labute approximate surface area is 112 Å². The van der Waals surface area contributed by atoms with E-state index in [4.69, 9.17) is 0 Å². The quantitative estimate of drug-likeness (QED) is 0.870. The molecule has 0 aliphatic carbocycles. The van der Waals surface area contributed by atoms with E-state index < -0.39 is 17.9 Å². The fraction of sp³-hybridized carbons (Fsp3) is 0.615. The van der Waals surface area contributed by atoms with Crippen LogP contribution in [0.25, 0.3) is 0 Å². The van der Waals surface area contributed by atoms with Gasteiger partial charge in [-0.1, -0.05) is 6.92 Å². The average molecular weight is 265 g/mol. The highest BCUT2D eigenvalue weighted by Crippen LogP contribution is 2.38. The van der Waals surface area contributed by atoms with E-state index in [0.29, 0.717) is 13.1 Å². The van der Waals surface area contributed by atoms with E-state index in [1.807, 2.05) is 19.9 Å². The zero-order valence-electron chi connectivity index (χ0n) is 11.2. The molecule has 6 nitrogen and oxygen atoms in total. The lowest BCUT2D eigenvalue weighted by atomic mass is 9.97. The molecule has 1 aliphatic rings. The second-order valence-corrected chi connectivity index (χ2v) is 4.75. The van der Waals surface area contributed by atoms with Gasteiger partial charge in [0.25, 0.3) is 0 Å². The third kappa shape index (κ3) is 2.34. The molecule has 2 heterocycles. The van der Waals surface area contributed by atoms with Gasteiger partial charge >= 0.3 is 5.97 Å². The summed E-state index contributed by atoms with van der Waals surface area (Å²) in [7, 11) is 0. The molecule has 1 aliphatic heterocycles. The van der Waals surface area contributed by atoms with Gasteiger partial charge in [-0.05, 0) is 19.4 Å². The van der Waals surface area contributed by atoms with Crippen LogP contribution >= 0.6 is 0 Å². The Morgan fingerprint density at radius 1 is 1.53 bits per heavy atom. The number of amides is 1. The number of rotatable bonds is 5. The van der Waals surface area contributed by atoms with Crippen molar-refractivity contribution in [2.45, 2.75) is 39.3 Å².